The maximum Gasteiger partial charge on any atom is 0.103 e. The number of nitrogens with one attached hydrogen (secondary N) is 1. The molecule has 18 heavy (non-hydrogen) atoms. The van der Waals surface area contributed by atoms with Crippen molar-refractivity contribution in [3.63, 3.8) is 0 Å². The molecule has 0 aliphatic carbocycles. The van der Waals surface area contributed by atoms with Crippen molar-refractivity contribution in [2.45, 2.75) is 90.9 Å². The summed E-state index contributed by atoms with van der Waals surface area (Å²) in [4.78, 5) is 0. The lowest BCUT2D eigenvalue weighted by atomic mass is 9.87. The van der Waals surface area contributed by atoms with Gasteiger partial charge in [-0.15, -0.1) is 0 Å². The van der Waals surface area contributed by atoms with Crippen molar-refractivity contribution in [3.8, 4) is 0 Å². The third-order valence-corrected chi connectivity index (χ3v) is 4.21. The molecule has 0 aliphatic heterocycles. The first kappa shape index (κ1) is 18.0. The Morgan fingerprint density at radius 1 is 0.889 bits per heavy atom. The second kappa shape index (κ2) is 13.5. The molecular weight excluding hydrogens is 217 g/mol. The van der Waals surface area contributed by atoms with Crippen LogP contribution < -0.4 is 5.32 Å². The van der Waals surface area contributed by atoms with Crippen LogP contribution in [0.25, 0.3) is 0 Å². The molecule has 0 fully saturated rings. The Bertz CT molecular complexity index is 161. The highest BCUT2D eigenvalue weighted by Crippen LogP contribution is 2.11. The molecule has 0 heterocycles. The van der Waals surface area contributed by atoms with Gasteiger partial charge in [0.1, 0.15) is 7.85 Å². The molecule has 1 nitrogen and oxygen atoms in total. The van der Waals surface area contributed by atoms with E-state index in [4.69, 9.17) is 0 Å². The van der Waals surface area contributed by atoms with Crippen LogP contribution in [-0.2, 0) is 0 Å². The molecule has 0 aromatic rings. The molecular formula is C16H36BN. The molecule has 0 aromatic heterocycles. The number of hydrogen-bond acceptors (Lipinski definition) is 1. The normalized spacial score (nSPS) is 14.6. The second-order valence-corrected chi connectivity index (χ2v) is 5.83. The van der Waals surface area contributed by atoms with Gasteiger partial charge in [-0.1, -0.05) is 78.5 Å². The van der Waals surface area contributed by atoms with Crippen LogP contribution in [0.2, 0.25) is 6.32 Å². The molecule has 0 amide bonds. The fraction of sp³-hybridized carbons (Fsp3) is 1.00. The van der Waals surface area contributed by atoms with E-state index in [1.165, 1.54) is 70.7 Å². The fourth-order valence-corrected chi connectivity index (χ4v) is 2.58. The average molecular weight is 253 g/mol. The summed E-state index contributed by atoms with van der Waals surface area (Å²) < 4.78 is 0. The Morgan fingerprint density at radius 2 is 1.44 bits per heavy atom. The molecule has 0 saturated heterocycles. The first-order valence-corrected chi connectivity index (χ1v) is 8.49. The molecule has 0 radical (unpaired) electrons. The monoisotopic (exact) mass is 253 g/mol. The van der Waals surface area contributed by atoms with Gasteiger partial charge in [0.15, 0.2) is 0 Å². The highest BCUT2D eigenvalue weighted by atomic mass is 14.9. The average Bonchev–Trinajstić information content (AvgIpc) is 2.40. The van der Waals surface area contributed by atoms with Crippen molar-refractivity contribution in [2.24, 2.45) is 5.92 Å². The van der Waals surface area contributed by atoms with Crippen molar-refractivity contribution in [1.82, 2.24) is 5.32 Å². The lowest BCUT2D eigenvalue weighted by Crippen LogP contribution is -2.35. The van der Waals surface area contributed by atoms with Crippen LogP contribution in [0, 0.1) is 5.92 Å². The smallest absolute Gasteiger partial charge is 0.103 e. The van der Waals surface area contributed by atoms with Gasteiger partial charge in [0.2, 0.25) is 0 Å². The van der Waals surface area contributed by atoms with E-state index in [0.29, 0.717) is 0 Å². The van der Waals surface area contributed by atoms with E-state index in [-0.39, 0.29) is 0 Å². The Morgan fingerprint density at radius 3 is 1.94 bits per heavy atom. The molecule has 1 N–H and O–H groups in total. The Labute approximate surface area is 117 Å². The molecule has 2 unspecified atom stereocenters. The maximum atomic E-state index is 3.73. The van der Waals surface area contributed by atoms with Crippen molar-refractivity contribution < 1.29 is 0 Å². The van der Waals surface area contributed by atoms with E-state index in [0.717, 1.165) is 12.0 Å². The Balaban J connectivity index is 3.28. The summed E-state index contributed by atoms with van der Waals surface area (Å²) in [7, 11) is 2.30. The van der Waals surface area contributed by atoms with Crippen molar-refractivity contribution >= 4 is 7.85 Å². The van der Waals surface area contributed by atoms with Gasteiger partial charge in [0.05, 0.1) is 0 Å². The van der Waals surface area contributed by atoms with Crippen LogP contribution >= 0.6 is 0 Å². The molecule has 2 atom stereocenters. The van der Waals surface area contributed by atoms with Gasteiger partial charge in [-0.25, -0.2) is 0 Å². The summed E-state index contributed by atoms with van der Waals surface area (Å²) in [6, 6.07) is 0.736. The molecule has 2 heteroatoms. The molecule has 0 bridgehead atoms. The van der Waals surface area contributed by atoms with E-state index >= 15 is 0 Å². The lowest BCUT2D eigenvalue weighted by Gasteiger charge is -2.23. The van der Waals surface area contributed by atoms with Crippen molar-refractivity contribution in [3.05, 3.63) is 0 Å². The minimum atomic E-state index is 0.736. The van der Waals surface area contributed by atoms with Crippen LogP contribution in [0.4, 0.5) is 0 Å². The number of rotatable bonds is 13. The fourth-order valence-electron chi connectivity index (χ4n) is 2.58. The summed E-state index contributed by atoms with van der Waals surface area (Å²) >= 11 is 0. The molecule has 0 saturated carbocycles. The summed E-state index contributed by atoms with van der Waals surface area (Å²) in [6.07, 6.45) is 13.9. The van der Waals surface area contributed by atoms with Gasteiger partial charge in [0, 0.05) is 6.04 Å². The molecule has 0 aromatic carbocycles. The SMILES string of the molecule is BCC(NCCCCCCCCCC)C(C)CC. The predicted octanol–water partition coefficient (Wildman–Crippen LogP) is 4.18. The third-order valence-electron chi connectivity index (χ3n) is 4.21. The van der Waals surface area contributed by atoms with Crippen LogP contribution in [0.15, 0.2) is 0 Å². The quantitative estimate of drug-likeness (QED) is 0.383. The maximum absolute atomic E-state index is 3.73. The van der Waals surface area contributed by atoms with Crippen LogP contribution in [0.5, 0.6) is 0 Å². The zero-order valence-corrected chi connectivity index (χ0v) is 13.4. The highest BCUT2D eigenvalue weighted by Gasteiger charge is 2.11. The lowest BCUT2D eigenvalue weighted by molar-refractivity contribution is 0.386. The van der Waals surface area contributed by atoms with Gasteiger partial charge >= 0.3 is 0 Å². The molecule has 0 aliphatic rings. The Hall–Kier alpha value is 0.0249. The van der Waals surface area contributed by atoms with Gasteiger partial charge in [-0.05, 0) is 18.9 Å². The minimum Gasteiger partial charge on any atom is -0.314 e. The van der Waals surface area contributed by atoms with Crippen molar-refractivity contribution in [2.75, 3.05) is 6.54 Å². The first-order chi connectivity index (χ1) is 8.76. The summed E-state index contributed by atoms with van der Waals surface area (Å²) in [5.41, 5.74) is 0. The molecule has 0 spiro atoms. The van der Waals surface area contributed by atoms with Crippen LogP contribution in [0.3, 0.4) is 0 Å². The summed E-state index contributed by atoms with van der Waals surface area (Å²) in [5.74, 6) is 0.823. The van der Waals surface area contributed by atoms with Gasteiger partial charge < -0.3 is 5.32 Å². The zero-order valence-electron chi connectivity index (χ0n) is 13.4. The Kier molecular flexibility index (Phi) is 13.5. The van der Waals surface area contributed by atoms with Crippen LogP contribution in [-0.4, -0.2) is 20.4 Å². The molecule has 0 rings (SSSR count). The van der Waals surface area contributed by atoms with Crippen molar-refractivity contribution in [1.29, 1.82) is 0 Å². The number of unbranched alkanes of at least 4 members (excludes halogenated alkanes) is 7. The van der Waals surface area contributed by atoms with Gasteiger partial charge in [0.25, 0.3) is 0 Å². The summed E-state index contributed by atoms with van der Waals surface area (Å²) in [6.45, 7) is 8.17. The van der Waals surface area contributed by atoms with E-state index < -0.39 is 0 Å². The predicted molar refractivity (Wildman–Crippen MR) is 87.2 cm³/mol. The largest absolute Gasteiger partial charge is 0.314 e. The number of hydrogen-bond donors (Lipinski definition) is 1. The van der Waals surface area contributed by atoms with E-state index in [1.54, 1.807) is 0 Å². The van der Waals surface area contributed by atoms with E-state index in [2.05, 4.69) is 33.9 Å². The van der Waals surface area contributed by atoms with Crippen LogP contribution in [0.1, 0.15) is 78.6 Å². The summed E-state index contributed by atoms with van der Waals surface area (Å²) in [5, 5.41) is 3.73. The van der Waals surface area contributed by atoms with E-state index in [1.807, 2.05) is 0 Å². The third kappa shape index (κ3) is 9.99. The molecule has 108 valence electrons. The second-order valence-electron chi connectivity index (χ2n) is 5.83. The van der Waals surface area contributed by atoms with E-state index in [9.17, 15) is 0 Å². The standard InChI is InChI=1S/C16H36BN/c1-4-6-7-8-9-10-11-12-13-18-16(14-17)15(3)5-2/h15-16,18H,4-14,17H2,1-3H3. The van der Waals surface area contributed by atoms with Gasteiger partial charge in [-0.3, -0.25) is 0 Å². The zero-order chi connectivity index (χ0) is 13.6. The van der Waals surface area contributed by atoms with Gasteiger partial charge in [-0.2, -0.15) is 0 Å². The minimum absolute atomic E-state index is 0.736. The first-order valence-electron chi connectivity index (χ1n) is 8.49. The highest BCUT2D eigenvalue weighted by molar-refractivity contribution is 6.08. The topological polar surface area (TPSA) is 12.0 Å².